The Morgan fingerprint density at radius 2 is 1.73 bits per heavy atom. The highest BCUT2D eigenvalue weighted by atomic mass is 16.2. The van der Waals surface area contributed by atoms with E-state index in [4.69, 9.17) is 0 Å². The van der Waals surface area contributed by atoms with Crippen molar-refractivity contribution in [2.24, 2.45) is 0 Å². The summed E-state index contributed by atoms with van der Waals surface area (Å²) in [7, 11) is 2.15. The summed E-state index contributed by atoms with van der Waals surface area (Å²) in [5.74, 6) is 0.0236. The monoisotopic (exact) mass is 405 g/mol. The van der Waals surface area contributed by atoms with Crippen molar-refractivity contribution in [3.63, 3.8) is 0 Å². The topological polar surface area (TPSA) is 52.7 Å². The summed E-state index contributed by atoms with van der Waals surface area (Å²) < 4.78 is 0. The Labute approximate surface area is 179 Å². The number of likely N-dealkylation sites (N-methyl/N-ethyl adjacent to an activating group) is 1. The first kappa shape index (κ1) is 20.6. The van der Waals surface area contributed by atoms with E-state index in [0.29, 0.717) is 19.5 Å². The van der Waals surface area contributed by atoms with Crippen LogP contribution >= 0.6 is 0 Å². The fourth-order valence-electron chi connectivity index (χ4n) is 4.85. The summed E-state index contributed by atoms with van der Waals surface area (Å²) in [6.07, 6.45) is 3.21. The molecular weight excluding hydrogens is 374 g/mol. The zero-order chi connectivity index (χ0) is 21.1. The molecule has 2 aromatic rings. The van der Waals surface area contributed by atoms with Gasteiger partial charge in [-0.25, -0.2) is 0 Å². The fourth-order valence-corrected chi connectivity index (χ4v) is 4.85. The highest BCUT2D eigenvalue weighted by Gasteiger charge is 2.41. The van der Waals surface area contributed by atoms with Gasteiger partial charge < -0.3 is 10.2 Å². The van der Waals surface area contributed by atoms with Crippen molar-refractivity contribution in [1.29, 1.82) is 0 Å². The van der Waals surface area contributed by atoms with Crippen LogP contribution in [0.25, 0.3) is 0 Å². The third-order valence-corrected chi connectivity index (χ3v) is 6.78. The van der Waals surface area contributed by atoms with Gasteiger partial charge in [0.2, 0.25) is 11.8 Å². The molecule has 1 saturated heterocycles. The number of nitrogens with one attached hydrogen (secondary N) is 1. The van der Waals surface area contributed by atoms with Crippen LogP contribution in [-0.4, -0.2) is 53.3 Å². The molecular formula is C25H31N3O2. The van der Waals surface area contributed by atoms with Gasteiger partial charge in [-0.3, -0.25) is 14.5 Å². The largest absolute Gasteiger partial charge is 0.352 e. The smallest absolute Gasteiger partial charge is 0.242 e. The Bertz CT molecular complexity index is 887. The number of fused-ring (bicyclic) bond motifs is 1. The third-order valence-electron chi connectivity index (χ3n) is 6.78. The number of rotatable bonds is 7. The Morgan fingerprint density at radius 1 is 1.10 bits per heavy atom. The van der Waals surface area contributed by atoms with Crippen LogP contribution in [0.15, 0.2) is 54.6 Å². The molecule has 158 valence electrons. The standard InChI is InChI=1S/C25H31N3O2/c1-19(28-14-8-13-23(28)29)24(30)26-18-25(15-21-11-6-7-12-22(21)16-25)27(2)17-20-9-4-3-5-10-20/h3-7,9-12,19H,8,13-18H2,1-2H3,(H,26,30). The van der Waals surface area contributed by atoms with Crippen molar-refractivity contribution in [3.05, 3.63) is 71.3 Å². The number of benzene rings is 2. The summed E-state index contributed by atoms with van der Waals surface area (Å²) in [4.78, 5) is 29.0. The molecule has 1 aliphatic carbocycles. The maximum absolute atomic E-state index is 12.9. The normalized spacial score (nSPS) is 18.5. The van der Waals surface area contributed by atoms with Gasteiger partial charge in [-0.2, -0.15) is 0 Å². The summed E-state index contributed by atoms with van der Waals surface area (Å²) in [5.41, 5.74) is 3.80. The quantitative estimate of drug-likeness (QED) is 0.771. The zero-order valence-electron chi connectivity index (χ0n) is 17.9. The van der Waals surface area contributed by atoms with Crippen LogP contribution in [0.1, 0.15) is 36.5 Å². The molecule has 0 saturated carbocycles. The van der Waals surface area contributed by atoms with Gasteiger partial charge in [-0.15, -0.1) is 0 Å². The van der Waals surface area contributed by atoms with Crippen molar-refractivity contribution < 1.29 is 9.59 Å². The summed E-state index contributed by atoms with van der Waals surface area (Å²) in [6, 6.07) is 18.6. The van der Waals surface area contributed by atoms with Crippen molar-refractivity contribution in [1.82, 2.24) is 15.1 Å². The van der Waals surface area contributed by atoms with E-state index in [1.165, 1.54) is 16.7 Å². The van der Waals surface area contributed by atoms with Gasteiger partial charge in [0.1, 0.15) is 6.04 Å². The Hall–Kier alpha value is -2.66. The van der Waals surface area contributed by atoms with Crippen molar-refractivity contribution in [2.75, 3.05) is 20.1 Å². The van der Waals surface area contributed by atoms with E-state index in [2.05, 4.69) is 65.8 Å². The molecule has 2 amide bonds. The second-order valence-electron chi connectivity index (χ2n) is 8.77. The number of likely N-dealkylation sites (tertiary alicyclic amines) is 1. The number of carbonyl (C=O) groups is 2. The summed E-state index contributed by atoms with van der Waals surface area (Å²) >= 11 is 0. The van der Waals surface area contributed by atoms with E-state index < -0.39 is 6.04 Å². The lowest BCUT2D eigenvalue weighted by molar-refractivity contribution is -0.137. The first-order valence-electron chi connectivity index (χ1n) is 10.9. The van der Waals surface area contributed by atoms with E-state index in [9.17, 15) is 9.59 Å². The second-order valence-corrected chi connectivity index (χ2v) is 8.77. The summed E-state index contributed by atoms with van der Waals surface area (Å²) in [5, 5.41) is 3.19. The molecule has 5 heteroatoms. The first-order chi connectivity index (χ1) is 14.5. The second kappa shape index (κ2) is 8.60. The van der Waals surface area contributed by atoms with Gasteiger partial charge in [-0.1, -0.05) is 54.6 Å². The van der Waals surface area contributed by atoms with E-state index in [1.807, 2.05) is 13.0 Å². The minimum atomic E-state index is -0.416. The van der Waals surface area contributed by atoms with Crippen LogP contribution < -0.4 is 5.32 Å². The van der Waals surface area contributed by atoms with Gasteiger partial charge in [0.25, 0.3) is 0 Å². The molecule has 1 unspecified atom stereocenters. The number of hydrogen-bond donors (Lipinski definition) is 1. The van der Waals surface area contributed by atoms with Gasteiger partial charge in [0.05, 0.1) is 0 Å². The third kappa shape index (κ3) is 4.12. The zero-order valence-corrected chi connectivity index (χ0v) is 17.9. The Balaban J connectivity index is 1.50. The van der Waals surface area contributed by atoms with E-state index in [0.717, 1.165) is 25.8 Å². The van der Waals surface area contributed by atoms with Crippen molar-refractivity contribution in [3.8, 4) is 0 Å². The number of nitrogens with zero attached hydrogens (tertiary/aromatic N) is 2. The van der Waals surface area contributed by atoms with Gasteiger partial charge in [0.15, 0.2) is 0 Å². The van der Waals surface area contributed by atoms with Crippen molar-refractivity contribution in [2.45, 2.75) is 50.7 Å². The van der Waals surface area contributed by atoms with E-state index in [1.54, 1.807) is 4.90 Å². The molecule has 2 aliphatic rings. The minimum Gasteiger partial charge on any atom is -0.352 e. The van der Waals surface area contributed by atoms with Gasteiger partial charge >= 0.3 is 0 Å². The van der Waals surface area contributed by atoms with E-state index in [-0.39, 0.29) is 17.4 Å². The van der Waals surface area contributed by atoms with Crippen LogP contribution in [0.4, 0.5) is 0 Å². The molecule has 2 aromatic carbocycles. The average molecular weight is 406 g/mol. The molecule has 1 N–H and O–H groups in total. The number of amides is 2. The Kier molecular flexibility index (Phi) is 5.91. The van der Waals surface area contributed by atoms with Gasteiger partial charge in [-0.05, 0) is 49.9 Å². The molecule has 0 aromatic heterocycles. The lowest BCUT2D eigenvalue weighted by atomic mass is 9.92. The highest BCUT2D eigenvalue weighted by Crippen LogP contribution is 2.34. The highest BCUT2D eigenvalue weighted by molar-refractivity contribution is 5.88. The van der Waals surface area contributed by atoms with E-state index >= 15 is 0 Å². The number of carbonyl (C=O) groups excluding carboxylic acids is 2. The van der Waals surface area contributed by atoms with Crippen molar-refractivity contribution >= 4 is 11.8 Å². The number of hydrogen-bond acceptors (Lipinski definition) is 3. The maximum atomic E-state index is 12.9. The molecule has 30 heavy (non-hydrogen) atoms. The van der Waals surface area contributed by atoms with Crippen LogP contribution in [0.5, 0.6) is 0 Å². The van der Waals surface area contributed by atoms with Crippen LogP contribution in [0.2, 0.25) is 0 Å². The molecule has 1 aliphatic heterocycles. The molecule has 0 bridgehead atoms. The molecule has 0 radical (unpaired) electrons. The summed E-state index contributed by atoms with van der Waals surface area (Å²) in [6.45, 7) is 3.90. The average Bonchev–Trinajstić information content (AvgIpc) is 3.36. The predicted molar refractivity (Wildman–Crippen MR) is 118 cm³/mol. The first-order valence-corrected chi connectivity index (χ1v) is 10.9. The van der Waals surface area contributed by atoms with Gasteiger partial charge in [0, 0.05) is 31.6 Å². The molecule has 5 nitrogen and oxygen atoms in total. The van der Waals surface area contributed by atoms with Crippen LogP contribution in [0, 0.1) is 0 Å². The minimum absolute atomic E-state index is 0.0614. The van der Waals surface area contributed by atoms with Crippen LogP contribution in [-0.2, 0) is 29.0 Å². The lowest BCUT2D eigenvalue weighted by Gasteiger charge is -2.40. The molecule has 1 atom stereocenters. The predicted octanol–water partition coefficient (Wildman–Crippen LogP) is 2.78. The lowest BCUT2D eigenvalue weighted by Crippen LogP contribution is -2.57. The molecule has 4 rings (SSSR count). The molecule has 0 spiro atoms. The molecule has 1 heterocycles. The maximum Gasteiger partial charge on any atom is 0.242 e. The SMILES string of the molecule is CC(C(=O)NCC1(N(C)Cc2ccccc2)Cc2ccccc2C1)N1CCCC1=O. The van der Waals surface area contributed by atoms with Crippen LogP contribution in [0.3, 0.4) is 0 Å². The molecule has 1 fully saturated rings. The Morgan fingerprint density at radius 3 is 2.33 bits per heavy atom. The fraction of sp³-hybridized carbons (Fsp3) is 0.440.